The van der Waals surface area contributed by atoms with Gasteiger partial charge in [-0.25, -0.2) is 13.1 Å². The van der Waals surface area contributed by atoms with Gasteiger partial charge in [0.25, 0.3) is 0 Å². The third-order valence-corrected chi connectivity index (χ3v) is 6.45. The van der Waals surface area contributed by atoms with Crippen LogP contribution < -0.4 is 10.2 Å². The van der Waals surface area contributed by atoms with Crippen LogP contribution in [0.5, 0.6) is 0 Å². The van der Waals surface area contributed by atoms with Crippen LogP contribution >= 0.6 is 0 Å². The summed E-state index contributed by atoms with van der Waals surface area (Å²) in [6.45, 7) is 2.28. The number of benzene rings is 2. The zero-order chi connectivity index (χ0) is 27.1. The number of anilines is 1. The minimum atomic E-state index is -2.71. The minimum Gasteiger partial charge on any atom is -0.481 e. The summed E-state index contributed by atoms with van der Waals surface area (Å²) in [6, 6.07) is 21.2. The van der Waals surface area contributed by atoms with Crippen molar-refractivity contribution in [3.63, 3.8) is 0 Å². The molecule has 2 N–H and O–H groups in total. The van der Waals surface area contributed by atoms with Gasteiger partial charge in [-0.1, -0.05) is 67.1 Å². The van der Waals surface area contributed by atoms with E-state index in [4.69, 9.17) is 9.94 Å². The number of aliphatic carboxylic acids is 1. The molecular weight excluding hydrogens is 487 g/mol. The van der Waals surface area contributed by atoms with E-state index in [-0.39, 0.29) is 6.42 Å². The number of nitrogens with zero attached hydrogens (tertiary/aromatic N) is 2. The molecule has 2 heterocycles. The van der Waals surface area contributed by atoms with Gasteiger partial charge in [0.15, 0.2) is 17.2 Å². The zero-order valence-corrected chi connectivity index (χ0v) is 21.5. The largest absolute Gasteiger partial charge is 0.934 e. The Morgan fingerprint density at radius 2 is 1.71 bits per heavy atom. The van der Waals surface area contributed by atoms with Gasteiger partial charge in [-0.05, 0) is 30.0 Å². The van der Waals surface area contributed by atoms with Gasteiger partial charge in [0, 0.05) is 37.6 Å². The average molecular weight is 518 g/mol. The molecule has 6 nitrogen and oxygen atoms in total. The molecule has 0 atom stereocenters. The quantitative estimate of drug-likeness (QED) is 0.225. The Bertz CT molecular complexity index is 1370. The molecule has 196 valence electrons. The highest BCUT2D eigenvalue weighted by Gasteiger charge is 2.44. The van der Waals surface area contributed by atoms with Crippen molar-refractivity contribution in [3.8, 4) is 11.1 Å². The van der Waals surface area contributed by atoms with Gasteiger partial charge >= 0.3 is 13.4 Å². The SMILES string of the molecule is COn1c(/C=C2/C(c3ccccc3)=CC(C)=[N+]2B(F)F)cc(-c2ccccc2)c1NCCCCCC(=O)O. The van der Waals surface area contributed by atoms with Gasteiger partial charge in [0.1, 0.15) is 7.11 Å². The lowest BCUT2D eigenvalue weighted by Gasteiger charge is -2.14. The van der Waals surface area contributed by atoms with E-state index in [1.165, 1.54) is 0 Å². The fourth-order valence-electron chi connectivity index (χ4n) is 4.67. The lowest BCUT2D eigenvalue weighted by Crippen LogP contribution is -2.24. The second-order valence-electron chi connectivity index (χ2n) is 9.05. The minimum absolute atomic E-state index is 0.149. The second-order valence-corrected chi connectivity index (χ2v) is 9.05. The number of unbranched alkanes of at least 4 members (excludes halogenated alkanes) is 2. The third kappa shape index (κ3) is 6.04. The number of hydrogen-bond donors (Lipinski definition) is 2. The summed E-state index contributed by atoms with van der Waals surface area (Å²) in [5, 5.41) is 12.3. The van der Waals surface area contributed by atoms with Gasteiger partial charge in [-0.2, -0.15) is 4.73 Å². The molecule has 0 radical (unpaired) electrons. The van der Waals surface area contributed by atoms with Crippen molar-refractivity contribution in [1.82, 2.24) is 4.73 Å². The Hall–Kier alpha value is -4.14. The predicted octanol–water partition coefficient (Wildman–Crippen LogP) is 6.11. The molecule has 0 spiro atoms. The first-order valence-electron chi connectivity index (χ1n) is 12.6. The van der Waals surface area contributed by atoms with Crippen LogP contribution in [0.15, 0.2) is 78.5 Å². The highest BCUT2D eigenvalue weighted by Crippen LogP contribution is 2.36. The topological polar surface area (TPSA) is 66.5 Å². The van der Waals surface area contributed by atoms with Crippen molar-refractivity contribution in [2.24, 2.45) is 0 Å². The molecule has 0 fully saturated rings. The standard InChI is InChI=1S/C29H30BF2N3O3/c1-21-18-25(22-12-6-3-7-13-22)27(34(21)30(31)32)20-24-19-26(23-14-8-4-9-15-23)29(35(24)38-2)33-17-11-5-10-16-28(36)37/h3-4,6-9,12-15,18-20H,5,10-11,16-17H2,1-2H3,(H,36,37)/p+1. The van der Waals surface area contributed by atoms with Crippen molar-refractivity contribution in [2.75, 3.05) is 19.0 Å². The summed E-state index contributed by atoms with van der Waals surface area (Å²) in [5.41, 5.74) is 4.84. The van der Waals surface area contributed by atoms with Crippen LogP contribution in [0.1, 0.15) is 43.9 Å². The summed E-state index contributed by atoms with van der Waals surface area (Å²) >= 11 is 0. The summed E-state index contributed by atoms with van der Waals surface area (Å²) in [4.78, 5) is 16.5. The first kappa shape index (κ1) is 26.9. The van der Waals surface area contributed by atoms with Crippen LogP contribution in [-0.2, 0) is 4.79 Å². The fraction of sp³-hybridized carbons (Fsp3) is 0.241. The molecule has 9 heteroatoms. The predicted molar refractivity (Wildman–Crippen MR) is 148 cm³/mol. The average Bonchev–Trinajstić information content (AvgIpc) is 3.43. The van der Waals surface area contributed by atoms with E-state index in [0.717, 1.165) is 34.0 Å². The number of allylic oxidation sites excluding steroid dienone is 2. The summed E-state index contributed by atoms with van der Waals surface area (Å²) in [6.07, 6.45) is 5.82. The maximum absolute atomic E-state index is 14.2. The molecule has 1 aliphatic rings. The van der Waals surface area contributed by atoms with Crippen molar-refractivity contribution in [2.45, 2.75) is 32.6 Å². The summed E-state index contributed by atoms with van der Waals surface area (Å²) < 4.78 is 31.1. The summed E-state index contributed by atoms with van der Waals surface area (Å²) in [7, 11) is -1.17. The van der Waals surface area contributed by atoms with Gasteiger partial charge in [-0.15, -0.1) is 0 Å². The first-order chi connectivity index (χ1) is 18.4. The molecule has 0 aliphatic carbocycles. The van der Waals surface area contributed by atoms with Crippen LogP contribution in [0.25, 0.3) is 22.8 Å². The van der Waals surface area contributed by atoms with Crippen LogP contribution in [0.4, 0.5) is 14.4 Å². The van der Waals surface area contributed by atoms with Crippen LogP contribution in [0.2, 0.25) is 0 Å². The molecular formula is C29H31BF2N3O3+. The Kier molecular flexibility index (Phi) is 8.79. The Balaban J connectivity index is 1.74. The van der Waals surface area contributed by atoms with Crippen molar-refractivity contribution in [3.05, 3.63) is 89.8 Å². The van der Waals surface area contributed by atoms with E-state index >= 15 is 0 Å². The van der Waals surface area contributed by atoms with E-state index in [2.05, 4.69) is 5.32 Å². The van der Waals surface area contributed by atoms with E-state index in [1.54, 1.807) is 30.9 Å². The monoisotopic (exact) mass is 518 g/mol. The molecule has 0 unspecified atom stereocenters. The van der Waals surface area contributed by atoms with Gasteiger partial charge in [-0.3, -0.25) is 4.79 Å². The van der Waals surface area contributed by atoms with Gasteiger partial charge < -0.3 is 15.3 Å². The molecule has 4 rings (SSSR count). The first-order valence-corrected chi connectivity index (χ1v) is 12.6. The van der Waals surface area contributed by atoms with E-state index in [0.29, 0.717) is 41.5 Å². The molecule has 0 saturated heterocycles. The van der Waals surface area contributed by atoms with Crippen molar-refractivity contribution >= 4 is 36.5 Å². The molecule has 0 amide bonds. The molecule has 1 aliphatic heterocycles. The fourth-order valence-corrected chi connectivity index (χ4v) is 4.67. The van der Waals surface area contributed by atoms with E-state index < -0.39 is 13.4 Å². The molecule has 0 bridgehead atoms. The lowest BCUT2D eigenvalue weighted by atomic mass is 10.0. The number of carboxylic acid groups (broad SMARTS) is 1. The maximum Gasteiger partial charge on any atom is 0.934 e. The normalized spacial score (nSPS) is 14.1. The lowest BCUT2D eigenvalue weighted by molar-refractivity contribution is -0.339. The van der Waals surface area contributed by atoms with Crippen LogP contribution in [-0.4, -0.2) is 47.1 Å². The van der Waals surface area contributed by atoms with Gasteiger partial charge in [0.05, 0.1) is 11.3 Å². The molecule has 0 saturated carbocycles. The smallest absolute Gasteiger partial charge is 0.481 e. The maximum atomic E-state index is 14.2. The molecule has 3 aromatic rings. The number of halogens is 2. The van der Waals surface area contributed by atoms with Crippen molar-refractivity contribution in [1.29, 1.82) is 0 Å². The zero-order valence-electron chi connectivity index (χ0n) is 21.5. The highest BCUT2D eigenvalue weighted by atomic mass is 19.2. The highest BCUT2D eigenvalue weighted by molar-refractivity contribution is 6.36. The van der Waals surface area contributed by atoms with E-state index in [9.17, 15) is 13.4 Å². The Morgan fingerprint density at radius 3 is 2.32 bits per heavy atom. The second kappa shape index (κ2) is 12.4. The molecule has 38 heavy (non-hydrogen) atoms. The number of rotatable bonds is 12. The number of carbonyl (C=O) groups is 1. The van der Waals surface area contributed by atoms with Crippen LogP contribution in [0.3, 0.4) is 0 Å². The number of hydrogen-bond acceptors (Lipinski definition) is 3. The van der Waals surface area contributed by atoms with Crippen molar-refractivity contribution < 1.29 is 27.9 Å². The van der Waals surface area contributed by atoms with E-state index in [1.807, 2.05) is 66.7 Å². The Morgan fingerprint density at radius 1 is 1.05 bits per heavy atom. The van der Waals surface area contributed by atoms with Gasteiger partial charge in [0.2, 0.25) is 0 Å². The number of carboxylic acids is 1. The third-order valence-electron chi connectivity index (χ3n) is 6.45. The number of aromatic nitrogens is 1. The summed E-state index contributed by atoms with van der Waals surface area (Å²) in [5.74, 6) is -0.0901. The Labute approximate surface area is 221 Å². The molecule has 2 aromatic carbocycles. The van der Waals surface area contributed by atoms with Crippen LogP contribution in [0, 0.1) is 0 Å². The number of nitrogens with one attached hydrogen (secondary N) is 1. The molecule has 1 aromatic heterocycles.